The molecule has 1 atom stereocenters. The lowest BCUT2D eigenvalue weighted by atomic mass is 10.0. The largest absolute Gasteiger partial charge is 0.361 e. The number of rotatable bonds is 4. The smallest absolute Gasteiger partial charge is 0.254 e. The molecule has 1 aromatic heterocycles. The van der Waals surface area contributed by atoms with Crippen molar-refractivity contribution >= 4 is 16.8 Å². The summed E-state index contributed by atoms with van der Waals surface area (Å²) >= 11 is 0. The van der Waals surface area contributed by atoms with Crippen LogP contribution < -0.4 is 0 Å². The number of fused-ring (bicyclic) bond motifs is 1. The van der Waals surface area contributed by atoms with Crippen molar-refractivity contribution in [3.8, 4) is 0 Å². The van der Waals surface area contributed by atoms with E-state index in [1.807, 2.05) is 30.5 Å². The van der Waals surface area contributed by atoms with Crippen LogP contribution in [0.15, 0.2) is 60.8 Å². The molecule has 2 aliphatic rings. The van der Waals surface area contributed by atoms with Crippen molar-refractivity contribution in [1.29, 1.82) is 0 Å². The van der Waals surface area contributed by atoms with Crippen molar-refractivity contribution in [1.82, 2.24) is 14.8 Å². The maximum absolute atomic E-state index is 13.4. The summed E-state index contributed by atoms with van der Waals surface area (Å²) in [6, 6.07) is 19.6. The van der Waals surface area contributed by atoms with Gasteiger partial charge in [-0.25, -0.2) is 0 Å². The maximum Gasteiger partial charge on any atom is 0.254 e. The Morgan fingerprint density at radius 2 is 1.89 bits per heavy atom. The summed E-state index contributed by atoms with van der Waals surface area (Å²) < 4.78 is 0. The van der Waals surface area contributed by atoms with Gasteiger partial charge in [-0.15, -0.1) is 0 Å². The van der Waals surface area contributed by atoms with E-state index in [1.54, 1.807) is 0 Å². The average molecular weight is 359 g/mol. The number of nitrogens with zero attached hydrogens (tertiary/aromatic N) is 2. The Bertz CT molecular complexity index is 944. The minimum absolute atomic E-state index is 0.155. The molecule has 1 amide bonds. The normalized spacial score (nSPS) is 20.9. The van der Waals surface area contributed by atoms with Crippen molar-refractivity contribution in [3.05, 3.63) is 71.9 Å². The van der Waals surface area contributed by atoms with Gasteiger partial charge in [0.2, 0.25) is 0 Å². The number of hydrogen-bond donors (Lipinski definition) is 1. The summed E-state index contributed by atoms with van der Waals surface area (Å²) in [6.07, 6.45) is 5.47. The Hall–Kier alpha value is -2.59. The molecule has 27 heavy (non-hydrogen) atoms. The van der Waals surface area contributed by atoms with E-state index in [0.717, 1.165) is 48.6 Å². The number of benzene rings is 2. The first-order valence-corrected chi connectivity index (χ1v) is 9.94. The van der Waals surface area contributed by atoms with E-state index in [-0.39, 0.29) is 11.9 Å². The van der Waals surface area contributed by atoms with Gasteiger partial charge < -0.3 is 9.88 Å². The molecule has 0 spiro atoms. The van der Waals surface area contributed by atoms with E-state index in [0.29, 0.717) is 0 Å². The van der Waals surface area contributed by atoms with Crippen LogP contribution in [0.2, 0.25) is 0 Å². The molecule has 1 N–H and O–H groups in total. The summed E-state index contributed by atoms with van der Waals surface area (Å²) in [5.41, 5.74) is 3.11. The molecular weight excluding hydrogens is 334 g/mol. The first-order valence-electron chi connectivity index (χ1n) is 9.94. The van der Waals surface area contributed by atoms with Gasteiger partial charge in [-0.05, 0) is 48.4 Å². The Kier molecular flexibility index (Phi) is 4.21. The summed E-state index contributed by atoms with van der Waals surface area (Å²) in [7, 11) is 0. The molecule has 1 aliphatic heterocycles. The van der Waals surface area contributed by atoms with Crippen LogP contribution in [0.3, 0.4) is 0 Å². The molecule has 0 bridgehead atoms. The quantitative estimate of drug-likeness (QED) is 0.771. The minimum Gasteiger partial charge on any atom is -0.361 e. The van der Waals surface area contributed by atoms with Crippen LogP contribution in [-0.2, 0) is 6.42 Å². The second kappa shape index (κ2) is 6.86. The van der Waals surface area contributed by atoms with Crippen LogP contribution in [0.25, 0.3) is 10.9 Å². The van der Waals surface area contributed by atoms with Gasteiger partial charge >= 0.3 is 0 Å². The number of piperazine rings is 1. The van der Waals surface area contributed by atoms with Gasteiger partial charge in [-0.2, -0.15) is 0 Å². The van der Waals surface area contributed by atoms with Gasteiger partial charge in [0, 0.05) is 49.0 Å². The summed E-state index contributed by atoms with van der Waals surface area (Å²) in [6.45, 7) is 2.79. The van der Waals surface area contributed by atoms with Crippen molar-refractivity contribution in [2.75, 3.05) is 19.6 Å². The summed E-state index contributed by atoms with van der Waals surface area (Å²) in [5, 5.41) is 1.14. The van der Waals surface area contributed by atoms with E-state index < -0.39 is 0 Å². The maximum atomic E-state index is 13.4. The van der Waals surface area contributed by atoms with Crippen molar-refractivity contribution in [2.45, 2.75) is 31.3 Å². The number of nitrogens with one attached hydrogen (secondary N) is 1. The van der Waals surface area contributed by atoms with Crippen LogP contribution in [0, 0.1) is 0 Å². The third-order valence-corrected chi connectivity index (χ3v) is 5.95. The molecular formula is C23H25N3O. The second-order valence-corrected chi connectivity index (χ2v) is 7.85. The molecule has 1 saturated heterocycles. The lowest BCUT2D eigenvalue weighted by molar-refractivity contribution is 0.0437. The van der Waals surface area contributed by atoms with E-state index in [1.165, 1.54) is 18.4 Å². The topological polar surface area (TPSA) is 39.3 Å². The second-order valence-electron chi connectivity index (χ2n) is 7.85. The Morgan fingerprint density at radius 1 is 1.04 bits per heavy atom. The molecule has 1 saturated carbocycles. The molecule has 4 nitrogen and oxygen atoms in total. The zero-order valence-electron chi connectivity index (χ0n) is 15.5. The summed E-state index contributed by atoms with van der Waals surface area (Å²) in [4.78, 5) is 21.3. The van der Waals surface area contributed by atoms with Crippen LogP contribution >= 0.6 is 0 Å². The minimum atomic E-state index is 0.155. The van der Waals surface area contributed by atoms with Gasteiger partial charge in [-0.3, -0.25) is 9.69 Å². The molecule has 0 radical (unpaired) electrons. The number of carbonyl (C=O) groups is 1. The lowest BCUT2D eigenvalue weighted by Gasteiger charge is -2.42. The van der Waals surface area contributed by atoms with Crippen LogP contribution in [0.5, 0.6) is 0 Å². The molecule has 2 heterocycles. The van der Waals surface area contributed by atoms with Gasteiger partial charge in [0.05, 0.1) is 0 Å². The third kappa shape index (κ3) is 3.37. The fourth-order valence-electron chi connectivity index (χ4n) is 4.33. The highest BCUT2D eigenvalue weighted by Gasteiger charge is 2.37. The van der Waals surface area contributed by atoms with Crippen molar-refractivity contribution < 1.29 is 4.79 Å². The van der Waals surface area contributed by atoms with Crippen LogP contribution in [0.4, 0.5) is 0 Å². The fraction of sp³-hybridized carbons (Fsp3) is 0.348. The SMILES string of the molecule is O=C(c1ccc2cc[nH]c2c1)N1CCN(C2CC2)CC1Cc1ccccc1. The molecule has 1 aliphatic carbocycles. The molecule has 2 fully saturated rings. The van der Waals surface area contributed by atoms with E-state index in [4.69, 9.17) is 0 Å². The number of amides is 1. The average Bonchev–Trinajstić information content (AvgIpc) is 3.45. The van der Waals surface area contributed by atoms with Gasteiger partial charge in [0.25, 0.3) is 5.91 Å². The number of aromatic amines is 1. The number of aromatic nitrogens is 1. The van der Waals surface area contributed by atoms with Crippen LogP contribution in [-0.4, -0.2) is 52.4 Å². The van der Waals surface area contributed by atoms with E-state index >= 15 is 0 Å². The van der Waals surface area contributed by atoms with Crippen LogP contribution in [0.1, 0.15) is 28.8 Å². The van der Waals surface area contributed by atoms with E-state index in [9.17, 15) is 4.79 Å². The van der Waals surface area contributed by atoms with Gasteiger partial charge in [0.15, 0.2) is 0 Å². The zero-order chi connectivity index (χ0) is 18.2. The zero-order valence-corrected chi connectivity index (χ0v) is 15.5. The number of H-pyrrole nitrogens is 1. The number of carbonyl (C=O) groups excluding carboxylic acids is 1. The monoisotopic (exact) mass is 359 g/mol. The third-order valence-electron chi connectivity index (χ3n) is 5.95. The van der Waals surface area contributed by atoms with Crippen molar-refractivity contribution in [2.24, 2.45) is 0 Å². The molecule has 2 aromatic carbocycles. The molecule has 3 aromatic rings. The number of hydrogen-bond acceptors (Lipinski definition) is 2. The standard InChI is InChI=1S/C23H25N3O/c27-23(19-7-6-18-10-11-24-22(18)15-19)26-13-12-25(20-8-9-20)16-21(26)14-17-4-2-1-3-5-17/h1-7,10-11,15,20-21,24H,8-9,12-14,16H2. The fourth-order valence-corrected chi connectivity index (χ4v) is 4.33. The predicted molar refractivity (Wildman–Crippen MR) is 108 cm³/mol. The first kappa shape index (κ1) is 16.6. The summed E-state index contributed by atoms with van der Waals surface area (Å²) in [5.74, 6) is 0.155. The van der Waals surface area contributed by atoms with E-state index in [2.05, 4.69) is 45.1 Å². The molecule has 4 heteroatoms. The Balaban J connectivity index is 1.41. The lowest BCUT2D eigenvalue weighted by Crippen LogP contribution is -2.56. The molecule has 5 rings (SSSR count). The Labute approximate surface area is 159 Å². The highest BCUT2D eigenvalue weighted by Crippen LogP contribution is 2.30. The highest BCUT2D eigenvalue weighted by atomic mass is 16.2. The molecule has 1 unspecified atom stereocenters. The first-order chi connectivity index (χ1) is 13.3. The van der Waals surface area contributed by atoms with Gasteiger partial charge in [0.1, 0.15) is 0 Å². The van der Waals surface area contributed by atoms with Crippen molar-refractivity contribution in [3.63, 3.8) is 0 Å². The Morgan fingerprint density at radius 3 is 2.70 bits per heavy atom. The highest BCUT2D eigenvalue weighted by molar-refractivity contribution is 5.98. The predicted octanol–water partition coefficient (Wildman–Crippen LogP) is 3.70. The molecule has 138 valence electrons. The van der Waals surface area contributed by atoms with Gasteiger partial charge in [-0.1, -0.05) is 36.4 Å².